The van der Waals surface area contributed by atoms with Crippen molar-refractivity contribution in [3.8, 4) is 0 Å². The minimum absolute atomic E-state index is 0.0899. The highest BCUT2D eigenvalue weighted by atomic mass is 19.1. The number of rotatable bonds is 7. The lowest BCUT2D eigenvalue weighted by atomic mass is 10.1. The van der Waals surface area contributed by atoms with Gasteiger partial charge in [-0.2, -0.15) is 0 Å². The molecule has 0 radical (unpaired) electrons. The van der Waals surface area contributed by atoms with E-state index in [9.17, 15) is 14.0 Å². The first-order chi connectivity index (χ1) is 12.6. The van der Waals surface area contributed by atoms with Crippen LogP contribution >= 0.6 is 0 Å². The molecule has 0 atom stereocenters. The van der Waals surface area contributed by atoms with Gasteiger partial charge in [0.2, 0.25) is 5.91 Å². The quantitative estimate of drug-likeness (QED) is 0.829. The number of carbonyl (C=O) groups excluding carboxylic acids is 2. The maximum Gasteiger partial charge on any atom is 0.251 e. The summed E-state index contributed by atoms with van der Waals surface area (Å²) in [6.07, 6.45) is 2.97. The molecule has 1 fully saturated rings. The van der Waals surface area contributed by atoms with E-state index in [2.05, 4.69) is 5.32 Å². The molecule has 0 spiro atoms. The number of aryl methyl sites for hydroxylation is 1. The molecule has 0 aliphatic heterocycles. The van der Waals surface area contributed by atoms with Crippen LogP contribution in [0.4, 0.5) is 4.39 Å². The number of halogens is 1. The van der Waals surface area contributed by atoms with Crippen LogP contribution in [0, 0.1) is 5.82 Å². The molecule has 3 rings (SSSR count). The second-order valence-electron chi connectivity index (χ2n) is 6.66. The van der Waals surface area contributed by atoms with E-state index in [1.54, 1.807) is 25.2 Å². The minimum atomic E-state index is -0.273. The highest BCUT2D eigenvalue weighted by Crippen LogP contribution is 2.29. The van der Waals surface area contributed by atoms with Crippen LogP contribution in [0.1, 0.15) is 40.7 Å². The summed E-state index contributed by atoms with van der Waals surface area (Å²) in [6.45, 7) is 0.542. The van der Waals surface area contributed by atoms with Crippen molar-refractivity contribution < 1.29 is 14.0 Å². The lowest BCUT2D eigenvalue weighted by Gasteiger charge is -2.23. The van der Waals surface area contributed by atoms with Crippen LogP contribution in [0.2, 0.25) is 0 Å². The molecule has 0 saturated heterocycles. The van der Waals surface area contributed by atoms with E-state index in [4.69, 9.17) is 0 Å². The molecule has 136 valence electrons. The lowest BCUT2D eigenvalue weighted by molar-refractivity contribution is -0.132. The van der Waals surface area contributed by atoms with Crippen LogP contribution < -0.4 is 5.32 Å². The first-order valence-electron chi connectivity index (χ1n) is 8.92. The third-order valence-electron chi connectivity index (χ3n) is 4.62. The van der Waals surface area contributed by atoms with E-state index in [1.807, 2.05) is 23.1 Å². The average molecular weight is 354 g/mol. The molecule has 0 heterocycles. The van der Waals surface area contributed by atoms with Crippen LogP contribution in [-0.2, 0) is 17.8 Å². The molecular formula is C21H23FN2O2. The standard InChI is InChI=1S/C21H23FN2O2/c1-23-21(26)17-8-5-16(6-9-17)14-24(19-10-11-19)20(25)12-7-15-3-2-4-18(22)13-15/h2-6,8-9,13,19H,7,10-12,14H2,1H3,(H,23,26). The Labute approximate surface area is 153 Å². The van der Waals surface area contributed by atoms with E-state index >= 15 is 0 Å². The van der Waals surface area contributed by atoms with Crippen molar-refractivity contribution in [3.63, 3.8) is 0 Å². The first kappa shape index (κ1) is 18.1. The Kier molecular flexibility index (Phi) is 5.66. The van der Waals surface area contributed by atoms with Crippen molar-refractivity contribution in [1.29, 1.82) is 0 Å². The Bertz CT molecular complexity index is 785. The molecule has 2 aromatic rings. The van der Waals surface area contributed by atoms with Crippen molar-refractivity contribution >= 4 is 11.8 Å². The largest absolute Gasteiger partial charge is 0.355 e. The van der Waals surface area contributed by atoms with Crippen molar-refractivity contribution in [2.24, 2.45) is 0 Å². The average Bonchev–Trinajstić information content (AvgIpc) is 3.49. The van der Waals surface area contributed by atoms with Gasteiger partial charge in [-0.1, -0.05) is 24.3 Å². The number of nitrogens with zero attached hydrogens (tertiary/aromatic N) is 1. The lowest BCUT2D eigenvalue weighted by Crippen LogP contribution is -2.32. The zero-order chi connectivity index (χ0) is 18.5. The van der Waals surface area contributed by atoms with Crippen LogP contribution in [0.5, 0.6) is 0 Å². The van der Waals surface area contributed by atoms with Crippen molar-refractivity contribution in [3.05, 3.63) is 71.0 Å². The summed E-state index contributed by atoms with van der Waals surface area (Å²) in [4.78, 5) is 26.2. The Morgan fingerprint density at radius 3 is 2.46 bits per heavy atom. The maximum absolute atomic E-state index is 13.3. The van der Waals surface area contributed by atoms with Gasteiger partial charge in [0.15, 0.2) is 0 Å². The monoisotopic (exact) mass is 354 g/mol. The highest BCUT2D eigenvalue weighted by molar-refractivity contribution is 5.93. The van der Waals surface area contributed by atoms with Gasteiger partial charge in [-0.3, -0.25) is 9.59 Å². The Morgan fingerprint density at radius 2 is 1.85 bits per heavy atom. The molecule has 2 amide bonds. The van der Waals surface area contributed by atoms with Gasteiger partial charge in [-0.15, -0.1) is 0 Å². The molecular weight excluding hydrogens is 331 g/mol. The Morgan fingerprint density at radius 1 is 1.12 bits per heavy atom. The zero-order valence-electron chi connectivity index (χ0n) is 14.9. The van der Waals surface area contributed by atoms with Gasteiger partial charge < -0.3 is 10.2 Å². The Hall–Kier alpha value is -2.69. The number of amides is 2. The molecule has 2 aromatic carbocycles. The molecule has 5 heteroatoms. The number of nitrogens with one attached hydrogen (secondary N) is 1. The second-order valence-corrected chi connectivity index (χ2v) is 6.66. The summed E-state index contributed by atoms with van der Waals surface area (Å²) in [7, 11) is 1.60. The van der Waals surface area contributed by atoms with E-state index in [-0.39, 0.29) is 17.6 Å². The summed E-state index contributed by atoms with van der Waals surface area (Å²) in [5.41, 5.74) is 2.44. The number of carbonyl (C=O) groups is 2. The van der Waals surface area contributed by atoms with Gasteiger partial charge in [-0.05, 0) is 54.7 Å². The Balaban J connectivity index is 1.61. The summed E-state index contributed by atoms with van der Waals surface area (Å²) in [6, 6.07) is 14.0. The predicted molar refractivity (Wildman–Crippen MR) is 98.1 cm³/mol. The topological polar surface area (TPSA) is 49.4 Å². The molecule has 1 aliphatic carbocycles. The molecule has 0 bridgehead atoms. The number of hydrogen-bond acceptors (Lipinski definition) is 2. The molecule has 4 nitrogen and oxygen atoms in total. The normalized spacial score (nSPS) is 13.3. The van der Waals surface area contributed by atoms with Gasteiger partial charge in [0.25, 0.3) is 5.91 Å². The van der Waals surface area contributed by atoms with Crippen molar-refractivity contribution in [1.82, 2.24) is 10.2 Å². The van der Waals surface area contributed by atoms with Crippen LogP contribution in [0.15, 0.2) is 48.5 Å². The third kappa shape index (κ3) is 4.69. The van der Waals surface area contributed by atoms with Gasteiger partial charge in [0, 0.05) is 31.6 Å². The van der Waals surface area contributed by atoms with Gasteiger partial charge in [0.05, 0.1) is 0 Å². The SMILES string of the molecule is CNC(=O)c1ccc(CN(C(=O)CCc2cccc(F)c2)C2CC2)cc1. The maximum atomic E-state index is 13.3. The second kappa shape index (κ2) is 8.13. The predicted octanol–water partition coefficient (Wildman–Crippen LogP) is 3.31. The summed E-state index contributed by atoms with van der Waals surface area (Å²) < 4.78 is 13.3. The number of benzene rings is 2. The molecule has 1 saturated carbocycles. The van der Waals surface area contributed by atoms with Crippen molar-refractivity contribution in [2.45, 2.75) is 38.3 Å². The first-order valence-corrected chi connectivity index (χ1v) is 8.92. The van der Waals surface area contributed by atoms with Gasteiger partial charge in [-0.25, -0.2) is 4.39 Å². The summed E-state index contributed by atoms with van der Waals surface area (Å²) in [5, 5.41) is 2.59. The highest BCUT2D eigenvalue weighted by Gasteiger charge is 2.32. The van der Waals surface area contributed by atoms with Crippen LogP contribution in [-0.4, -0.2) is 29.8 Å². The van der Waals surface area contributed by atoms with E-state index < -0.39 is 0 Å². The smallest absolute Gasteiger partial charge is 0.251 e. The molecule has 0 aromatic heterocycles. The molecule has 26 heavy (non-hydrogen) atoms. The molecule has 1 N–H and O–H groups in total. The molecule has 0 unspecified atom stereocenters. The summed E-state index contributed by atoms with van der Waals surface area (Å²) in [5.74, 6) is -0.306. The van der Waals surface area contributed by atoms with Crippen LogP contribution in [0.25, 0.3) is 0 Å². The van der Waals surface area contributed by atoms with Gasteiger partial charge in [0.1, 0.15) is 5.82 Å². The molecule has 1 aliphatic rings. The zero-order valence-corrected chi connectivity index (χ0v) is 14.9. The van der Waals surface area contributed by atoms with E-state index in [0.29, 0.717) is 31.0 Å². The van der Waals surface area contributed by atoms with E-state index in [1.165, 1.54) is 12.1 Å². The summed E-state index contributed by atoms with van der Waals surface area (Å²) >= 11 is 0. The van der Waals surface area contributed by atoms with E-state index in [0.717, 1.165) is 24.0 Å². The fraction of sp³-hybridized carbons (Fsp3) is 0.333. The van der Waals surface area contributed by atoms with Gasteiger partial charge >= 0.3 is 0 Å². The third-order valence-corrected chi connectivity index (χ3v) is 4.62. The fourth-order valence-corrected chi connectivity index (χ4v) is 3.00. The van der Waals surface area contributed by atoms with Crippen LogP contribution in [0.3, 0.4) is 0 Å². The van der Waals surface area contributed by atoms with Crippen molar-refractivity contribution in [2.75, 3.05) is 7.05 Å². The number of hydrogen-bond donors (Lipinski definition) is 1. The fourth-order valence-electron chi connectivity index (χ4n) is 3.00. The minimum Gasteiger partial charge on any atom is -0.355 e.